The lowest BCUT2D eigenvalue weighted by molar-refractivity contribution is -0.180. The van der Waals surface area contributed by atoms with Crippen molar-refractivity contribution in [2.24, 2.45) is 5.73 Å². The fourth-order valence-corrected chi connectivity index (χ4v) is 5.66. The average molecular weight is 635 g/mol. The number of carbonyl (C=O) groups excluding carboxylic acids is 3. The number of carbonyl (C=O) groups is 3. The van der Waals surface area contributed by atoms with Gasteiger partial charge in [0.2, 0.25) is 17.5 Å². The average Bonchev–Trinajstić information content (AvgIpc) is 3.10. The second-order valence-electron chi connectivity index (χ2n) is 11.8. The number of nitrogens with two attached hydrogens (primary N) is 1. The molecule has 244 valence electrons. The van der Waals surface area contributed by atoms with E-state index in [-0.39, 0.29) is 26.1 Å². The number of hydrogen-bond acceptors (Lipinski definition) is 6. The van der Waals surface area contributed by atoms with Crippen LogP contribution in [0.2, 0.25) is 0 Å². The number of benzene rings is 4. The van der Waals surface area contributed by atoms with Crippen molar-refractivity contribution < 1.29 is 23.9 Å². The second-order valence-corrected chi connectivity index (χ2v) is 11.8. The lowest BCUT2D eigenvalue weighted by Crippen LogP contribution is -2.65. The summed E-state index contributed by atoms with van der Waals surface area (Å²) >= 11 is 0. The molecule has 0 aliphatic carbocycles. The third kappa shape index (κ3) is 9.83. The summed E-state index contributed by atoms with van der Waals surface area (Å²) in [7, 11) is 0. The lowest BCUT2D eigenvalue weighted by Gasteiger charge is -2.42. The Balaban J connectivity index is 1.42. The van der Waals surface area contributed by atoms with E-state index < -0.39 is 29.6 Å². The molecule has 1 heterocycles. The zero-order chi connectivity index (χ0) is 32.9. The van der Waals surface area contributed by atoms with Crippen molar-refractivity contribution >= 4 is 17.7 Å². The summed E-state index contributed by atoms with van der Waals surface area (Å²) in [6.07, 6.45) is -1.51. The third-order valence-corrected chi connectivity index (χ3v) is 8.22. The predicted molar refractivity (Wildman–Crippen MR) is 179 cm³/mol. The molecule has 1 aliphatic heterocycles. The van der Waals surface area contributed by atoms with Crippen LogP contribution in [0.3, 0.4) is 0 Å². The first kappa shape index (κ1) is 33.5. The van der Waals surface area contributed by atoms with Gasteiger partial charge in [-0.05, 0) is 22.3 Å². The molecular weight excluding hydrogens is 592 g/mol. The number of amides is 3. The quantitative estimate of drug-likeness (QED) is 0.191. The zero-order valence-electron chi connectivity index (χ0n) is 26.5. The van der Waals surface area contributed by atoms with Crippen LogP contribution in [-0.4, -0.2) is 65.5 Å². The van der Waals surface area contributed by atoms with Crippen LogP contribution in [0, 0.1) is 0 Å². The van der Waals surface area contributed by atoms with E-state index in [9.17, 15) is 14.4 Å². The van der Waals surface area contributed by atoms with Crippen molar-refractivity contribution in [1.29, 1.82) is 0 Å². The summed E-state index contributed by atoms with van der Waals surface area (Å²) in [5, 5.41) is 2.93. The van der Waals surface area contributed by atoms with Gasteiger partial charge in [-0.25, -0.2) is 0 Å². The SMILES string of the molecule is NC(=O)C(C[C@@](NC(=O)Cc1ccccc1)(OCc1ccccc1)C(=O)N1CCN(Cc2ccccc2)CC1)OCc1ccccc1. The van der Waals surface area contributed by atoms with Crippen molar-refractivity contribution in [1.82, 2.24) is 15.1 Å². The van der Waals surface area contributed by atoms with E-state index in [1.807, 2.05) is 109 Å². The van der Waals surface area contributed by atoms with Gasteiger partial charge in [-0.2, -0.15) is 0 Å². The minimum atomic E-state index is -1.93. The number of ether oxygens (including phenoxy) is 2. The van der Waals surface area contributed by atoms with Crippen molar-refractivity contribution in [3.05, 3.63) is 144 Å². The predicted octanol–water partition coefficient (Wildman–Crippen LogP) is 4.06. The molecule has 3 amide bonds. The highest BCUT2D eigenvalue weighted by Gasteiger charge is 2.47. The molecular formula is C38H42N4O5. The van der Waals surface area contributed by atoms with Crippen molar-refractivity contribution in [2.75, 3.05) is 26.2 Å². The highest BCUT2D eigenvalue weighted by atomic mass is 16.5. The monoisotopic (exact) mass is 634 g/mol. The molecule has 0 aromatic heterocycles. The van der Waals surface area contributed by atoms with Gasteiger partial charge in [-0.3, -0.25) is 19.3 Å². The van der Waals surface area contributed by atoms with Crippen LogP contribution in [0.25, 0.3) is 0 Å². The first-order chi connectivity index (χ1) is 22.9. The van der Waals surface area contributed by atoms with E-state index in [1.54, 1.807) is 4.90 Å². The maximum absolute atomic E-state index is 14.7. The molecule has 4 aromatic carbocycles. The molecule has 47 heavy (non-hydrogen) atoms. The molecule has 1 saturated heterocycles. The summed E-state index contributed by atoms with van der Waals surface area (Å²) < 4.78 is 12.5. The largest absolute Gasteiger partial charge is 0.367 e. The van der Waals surface area contributed by atoms with Gasteiger partial charge < -0.3 is 25.4 Å². The zero-order valence-corrected chi connectivity index (χ0v) is 26.5. The first-order valence-corrected chi connectivity index (χ1v) is 15.9. The Kier molecular flexibility index (Phi) is 11.9. The Morgan fingerprint density at radius 2 is 1.17 bits per heavy atom. The minimum absolute atomic E-state index is 0.0103. The van der Waals surface area contributed by atoms with Gasteiger partial charge in [-0.1, -0.05) is 121 Å². The topological polar surface area (TPSA) is 114 Å². The summed E-state index contributed by atoms with van der Waals surface area (Å²) in [6, 6.07) is 38.2. The fraction of sp³-hybridized carbons (Fsp3) is 0.289. The van der Waals surface area contributed by atoms with Gasteiger partial charge in [0.15, 0.2) is 0 Å². The number of hydrogen-bond donors (Lipinski definition) is 2. The second kappa shape index (κ2) is 16.6. The third-order valence-electron chi connectivity index (χ3n) is 8.22. The first-order valence-electron chi connectivity index (χ1n) is 15.9. The summed E-state index contributed by atoms with van der Waals surface area (Å²) in [4.78, 5) is 45.2. The maximum atomic E-state index is 14.7. The molecule has 5 rings (SSSR count). The fourth-order valence-electron chi connectivity index (χ4n) is 5.66. The van der Waals surface area contributed by atoms with Gasteiger partial charge >= 0.3 is 0 Å². The number of nitrogens with zero attached hydrogens (tertiary/aromatic N) is 2. The van der Waals surface area contributed by atoms with Gasteiger partial charge in [-0.15, -0.1) is 0 Å². The molecule has 9 nitrogen and oxygen atoms in total. The Bertz CT molecular complexity index is 1570. The maximum Gasteiger partial charge on any atom is 0.276 e. The molecule has 0 spiro atoms. The van der Waals surface area contributed by atoms with Gasteiger partial charge in [0, 0.05) is 39.1 Å². The smallest absolute Gasteiger partial charge is 0.276 e. The van der Waals surface area contributed by atoms with Crippen molar-refractivity contribution in [3.63, 3.8) is 0 Å². The normalized spacial score (nSPS) is 15.4. The molecule has 0 radical (unpaired) electrons. The molecule has 2 atom stereocenters. The molecule has 0 saturated carbocycles. The van der Waals surface area contributed by atoms with Crippen molar-refractivity contribution in [3.8, 4) is 0 Å². The van der Waals surface area contributed by atoms with E-state index in [0.29, 0.717) is 26.2 Å². The lowest BCUT2D eigenvalue weighted by atomic mass is 10.00. The highest BCUT2D eigenvalue weighted by Crippen LogP contribution is 2.25. The van der Waals surface area contributed by atoms with Crippen LogP contribution < -0.4 is 11.1 Å². The number of piperazine rings is 1. The molecule has 3 N–H and O–H groups in total. The van der Waals surface area contributed by atoms with E-state index in [0.717, 1.165) is 23.2 Å². The number of nitrogens with one attached hydrogen (secondary N) is 1. The van der Waals surface area contributed by atoms with Crippen LogP contribution in [0.4, 0.5) is 0 Å². The Hall–Kier alpha value is -4.83. The summed E-state index contributed by atoms with van der Waals surface area (Å²) in [6.45, 7) is 2.98. The number of rotatable bonds is 15. The van der Waals surface area contributed by atoms with E-state index in [1.165, 1.54) is 5.56 Å². The van der Waals surface area contributed by atoms with Gasteiger partial charge in [0.25, 0.3) is 5.91 Å². The van der Waals surface area contributed by atoms with Crippen LogP contribution >= 0.6 is 0 Å². The van der Waals surface area contributed by atoms with Gasteiger partial charge in [0.1, 0.15) is 6.10 Å². The van der Waals surface area contributed by atoms with Crippen LogP contribution in [-0.2, 0) is 50.0 Å². The summed E-state index contributed by atoms with van der Waals surface area (Å²) in [5.41, 5.74) is 7.55. The molecule has 1 unspecified atom stereocenters. The van der Waals surface area contributed by atoms with Crippen LogP contribution in [0.5, 0.6) is 0 Å². The van der Waals surface area contributed by atoms with Crippen LogP contribution in [0.15, 0.2) is 121 Å². The molecule has 9 heteroatoms. The highest BCUT2D eigenvalue weighted by molar-refractivity contribution is 5.92. The minimum Gasteiger partial charge on any atom is -0.367 e. The van der Waals surface area contributed by atoms with Crippen molar-refractivity contribution in [2.45, 2.75) is 44.4 Å². The molecule has 1 fully saturated rings. The Labute approximate surface area is 276 Å². The Morgan fingerprint density at radius 1 is 0.681 bits per heavy atom. The van der Waals surface area contributed by atoms with Gasteiger partial charge in [0.05, 0.1) is 19.6 Å². The molecule has 4 aromatic rings. The molecule has 1 aliphatic rings. The van der Waals surface area contributed by atoms with E-state index >= 15 is 0 Å². The number of primary amides is 1. The molecule has 0 bridgehead atoms. The van der Waals surface area contributed by atoms with Crippen LogP contribution in [0.1, 0.15) is 28.7 Å². The Morgan fingerprint density at radius 3 is 1.70 bits per heavy atom. The van der Waals surface area contributed by atoms with E-state index in [2.05, 4.69) is 22.3 Å². The standard InChI is InChI=1S/C38H42N4O5/c39-36(44)34(46-28-32-17-9-3-10-18-32)26-38(47-29-33-19-11-4-12-20-33,40-35(43)25-30-13-5-1-6-14-30)37(45)42-23-21-41(22-24-42)27-31-15-7-2-8-16-31/h1-20,34H,21-29H2,(H2,39,44)(H,40,43)/t34?,38-/m1/s1. The summed E-state index contributed by atoms with van der Waals surface area (Å²) in [5.74, 6) is -1.62. The van der Waals surface area contributed by atoms with E-state index in [4.69, 9.17) is 15.2 Å².